The molecular formula is C20H25Cl2F3N2O2. The summed E-state index contributed by atoms with van der Waals surface area (Å²) in [5.74, 6) is -2.71. The molecule has 3 fully saturated rings. The Hall–Kier alpha value is -1.02. The number of aliphatic hydroxyl groups excluding tert-OH is 1. The smallest absolute Gasteiger partial charge is 0.223 e. The number of halogens is 5. The van der Waals surface area contributed by atoms with Gasteiger partial charge in [-0.15, -0.1) is 12.4 Å². The molecule has 0 aromatic heterocycles. The molecule has 3 saturated carbocycles. The first kappa shape index (κ1) is 22.7. The molecule has 29 heavy (non-hydrogen) atoms. The number of aliphatic hydroxyl groups is 1. The van der Waals surface area contributed by atoms with Gasteiger partial charge >= 0.3 is 0 Å². The van der Waals surface area contributed by atoms with Crippen molar-refractivity contribution in [1.29, 1.82) is 0 Å². The van der Waals surface area contributed by atoms with Crippen molar-refractivity contribution in [2.45, 2.75) is 68.8 Å². The first-order valence-corrected chi connectivity index (χ1v) is 10.1. The minimum Gasteiger partial charge on any atom is -0.391 e. The van der Waals surface area contributed by atoms with E-state index in [1.807, 2.05) is 0 Å². The fourth-order valence-corrected chi connectivity index (χ4v) is 5.60. The molecule has 0 unspecified atom stereocenters. The monoisotopic (exact) mass is 452 g/mol. The van der Waals surface area contributed by atoms with E-state index in [4.69, 9.17) is 17.3 Å². The average Bonchev–Trinajstić information content (AvgIpc) is 3.29. The van der Waals surface area contributed by atoms with E-state index in [-0.39, 0.29) is 35.8 Å². The van der Waals surface area contributed by atoms with Gasteiger partial charge in [0.2, 0.25) is 5.91 Å². The van der Waals surface area contributed by atoms with Crippen molar-refractivity contribution in [3.8, 4) is 0 Å². The third kappa shape index (κ3) is 3.87. The molecule has 4 nitrogen and oxygen atoms in total. The summed E-state index contributed by atoms with van der Waals surface area (Å²) < 4.78 is 44.4. The zero-order valence-corrected chi connectivity index (χ0v) is 17.3. The van der Waals surface area contributed by atoms with Crippen LogP contribution in [0.1, 0.15) is 56.6 Å². The van der Waals surface area contributed by atoms with Gasteiger partial charge in [-0.05, 0) is 62.5 Å². The van der Waals surface area contributed by atoms with E-state index in [0.717, 1.165) is 12.1 Å². The van der Waals surface area contributed by atoms with Gasteiger partial charge in [0.25, 0.3) is 0 Å². The number of carbonyl (C=O) groups is 1. The van der Waals surface area contributed by atoms with Crippen molar-refractivity contribution in [1.82, 2.24) is 5.32 Å². The van der Waals surface area contributed by atoms with Gasteiger partial charge < -0.3 is 16.2 Å². The van der Waals surface area contributed by atoms with Gasteiger partial charge in [0.05, 0.1) is 17.2 Å². The lowest BCUT2D eigenvalue weighted by Crippen LogP contribution is -2.42. The highest BCUT2D eigenvalue weighted by Gasteiger charge is 2.59. The number of carbonyl (C=O) groups excluding carboxylic acids is 1. The molecule has 4 N–H and O–H groups in total. The molecule has 0 radical (unpaired) electrons. The first-order valence-electron chi connectivity index (χ1n) is 9.70. The van der Waals surface area contributed by atoms with Gasteiger partial charge in [-0.2, -0.15) is 0 Å². The summed E-state index contributed by atoms with van der Waals surface area (Å²) in [7, 11) is 0. The van der Waals surface area contributed by atoms with Gasteiger partial charge in [0.15, 0.2) is 0 Å². The predicted octanol–water partition coefficient (Wildman–Crippen LogP) is 3.97. The van der Waals surface area contributed by atoms with E-state index in [1.165, 1.54) is 0 Å². The molecule has 3 aliphatic rings. The molecule has 4 atom stereocenters. The fraction of sp³-hybridized carbons (Fsp3) is 0.650. The molecule has 1 aromatic rings. The number of alkyl halides is 1. The van der Waals surface area contributed by atoms with Crippen molar-refractivity contribution in [2.75, 3.05) is 0 Å². The number of amides is 1. The lowest BCUT2D eigenvalue weighted by molar-refractivity contribution is -0.127. The maximum Gasteiger partial charge on any atom is 0.223 e. The topological polar surface area (TPSA) is 75.4 Å². The van der Waals surface area contributed by atoms with Crippen molar-refractivity contribution >= 4 is 29.9 Å². The molecule has 2 bridgehead atoms. The predicted molar refractivity (Wildman–Crippen MR) is 106 cm³/mol. The summed E-state index contributed by atoms with van der Waals surface area (Å²) in [6.07, 6.45) is 1.36. The normalized spacial score (nSPS) is 36.7. The van der Waals surface area contributed by atoms with Crippen LogP contribution < -0.4 is 11.1 Å². The molecule has 4 rings (SSSR count). The minimum absolute atomic E-state index is 0. The molecule has 0 heterocycles. The Morgan fingerprint density at radius 3 is 2.41 bits per heavy atom. The van der Waals surface area contributed by atoms with E-state index in [9.17, 15) is 23.1 Å². The third-order valence-corrected chi connectivity index (χ3v) is 7.32. The summed E-state index contributed by atoms with van der Waals surface area (Å²) in [6.45, 7) is 0. The standard InChI is InChI=1S/C20H24ClF3N2O2.ClH/c21-11-1-2-12(22)15(16(11)23)17(19-3-5-20(24,9-19)6-4-19)26-18(28)10-7-13(25)14(27)8-10;/h1-2,10,13-14,17,27H,3-9,25H2,(H,26,28);1H/t10-,13-,14+,17+,19?,20?;/m0./s1. The van der Waals surface area contributed by atoms with E-state index in [1.54, 1.807) is 0 Å². The number of nitrogens with two attached hydrogens (primary N) is 1. The molecule has 9 heteroatoms. The molecule has 0 aliphatic heterocycles. The summed E-state index contributed by atoms with van der Waals surface area (Å²) in [5.41, 5.74) is 3.39. The number of benzene rings is 1. The SMILES string of the molecule is Cl.N[C@H]1C[C@H](C(=O)N[C@H](c2c(F)ccc(Cl)c2F)C23CCC(F)(CC2)C3)C[C@H]1O. The summed E-state index contributed by atoms with van der Waals surface area (Å²) in [4.78, 5) is 12.9. The van der Waals surface area contributed by atoms with Crippen molar-refractivity contribution in [3.63, 3.8) is 0 Å². The van der Waals surface area contributed by atoms with Crippen LogP contribution in [0.3, 0.4) is 0 Å². The highest BCUT2D eigenvalue weighted by atomic mass is 35.5. The van der Waals surface area contributed by atoms with Crippen molar-refractivity contribution in [2.24, 2.45) is 17.1 Å². The maximum atomic E-state index is 14.9. The van der Waals surface area contributed by atoms with E-state index < -0.39 is 52.7 Å². The van der Waals surface area contributed by atoms with E-state index in [0.29, 0.717) is 32.1 Å². The second-order valence-corrected chi connectivity index (χ2v) is 9.20. The number of fused-ring (bicyclic) bond motifs is 2. The highest BCUT2D eigenvalue weighted by Crippen LogP contribution is 2.63. The van der Waals surface area contributed by atoms with Crippen molar-refractivity contribution < 1.29 is 23.1 Å². The van der Waals surface area contributed by atoms with Gasteiger partial charge in [-0.25, -0.2) is 13.2 Å². The minimum atomic E-state index is -1.35. The quantitative estimate of drug-likeness (QED) is 0.604. The number of rotatable bonds is 4. The Labute approximate surface area is 178 Å². The largest absolute Gasteiger partial charge is 0.391 e. The van der Waals surface area contributed by atoms with Gasteiger partial charge in [-0.1, -0.05) is 11.6 Å². The molecular weight excluding hydrogens is 428 g/mol. The van der Waals surface area contributed by atoms with Crippen LogP contribution in [0.5, 0.6) is 0 Å². The Kier molecular flexibility index (Phi) is 6.18. The zero-order valence-electron chi connectivity index (χ0n) is 15.8. The second-order valence-electron chi connectivity index (χ2n) is 8.79. The second kappa shape index (κ2) is 7.91. The zero-order chi connectivity index (χ0) is 20.3. The lowest BCUT2D eigenvalue weighted by atomic mass is 9.74. The molecule has 0 saturated heterocycles. The first-order chi connectivity index (χ1) is 13.1. The van der Waals surface area contributed by atoms with Gasteiger partial charge in [-0.3, -0.25) is 4.79 Å². The number of hydrogen-bond acceptors (Lipinski definition) is 3. The Bertz CT molecular complexity index is 792. The van der Waals surface area contributed by atoms with Crippen LogP contribution >= 0.6 is 24.0 Å². The Morgan fingerprint density at radius 2 is 1.90 bits per heavy atom. The fourth-order valence-electron chi connectivity index (χ4n) is 5.43. The van der Waals surface area contributed by atoms with Crippen LogP contribution in [-0.4, -0.2) is 28.8 Å². The maximum absolute atomic E-state index is 14.9. The number of nitrogens with one attached hydrogen (secondary N) is 1. The Balaban J connectivity index is 0.00000240. The van der Waals surface area contributed by atoms with Crippen LogP contribution in [0, 0.1) is 23.0 Å². The highest BCUT2D eigenvalue weighted by molar-refractivity contribution is 6.30. The van der Waals surface area contributed by atoms with Crippen LogP contribution in [-0.2, 0) is 4.79 Å². The lowest BCUT2D eigenvalue weighted by Gasteiger charge is -2.37. The summed E-state index contributed by atoms with van der Waals surface area (Å²) >= 11 is 5.89. The average molecular weight is 453 g/mol. The van der Waals surface area contributed by atoms with E-state index in [2.05, 4.69) is 5.32 Å². The van der Waals surface area contributed by atoms with Gasteiger partial charge in [0.1, 0.15) is 17.3 Å². The van der Waals surface area contributed by atoms with Crippen LogP contribution in [0.25, 0.3) is 0 Å². The van der Waals surface area contributed by atoms with E-state index >= 15 is 0 Å². The molecule has 1 aromatic carbocycles. The third-order valence-electron chi connectivity index (χ3n) is 7.03. The Morgan fingerprint density at radius 1 is 1.24 bits per heavy atom. The van der Waals surface area contributed by atoms with Crippen LogP contribution in [0.15, 0.2) is 12.1 Å². The van der Waals surface area contributed by atoms with Crippen molar-refractivity contribution in [3.05, 3.63) is 34.4 Å². The van der Waals surface area contributed by atoms with Crippen LogP contribution in [0.2, 0.25) is 5.02 Å². The molecule has 1 amide bonds. The molecule has 0 spiro atoms. The molecule has 162 valence electrons. The summed E-state index contributed by atoms with van der Waals surface area (Å²) in [5, 5.41) is 12.4. The summed E-state index contributed by atoms with van der Waals surface area (Å²) in [6, 6.07) is 0.663. The van der Waals surface area contributed by atoms with Gasteiger partial charge in [0, 0.05) is 17.5 Å². The molecule has 3 aliphatic carbocycles. The number of hydrogen-bond donors (Lipinski definition) is 3. The van der Waals surface area contributed by atoms with Crippen LogP contribution in [0.4, 0.5) is 13.2 Å².